The van der Waals surface area contributed by atoms with Gasteiger partial charge in [0.15, 0.2) is 0 Å². The minimum Gasteiger partial charge on any atom is -0.497 e. The molecule has 1 aromatic rings. The number of carbonyl (C=O) groups excluding carboxylic acids is 2. The lowest BCUT2D eigenvalue weighted by atomic mass is 9.95. The first-order chi connectivity index (χ1) is 11.0. The van der Waals surface area contributed by atoms with Crippen LogP contribution in [0.1, 0.15) is 43.5 Å². The number of nitrogens with zero attached hydrogens (tertiary/aromatic N) is 1. The van der Waals surface area contributed by atoms with Crippen LogP contribution < -0.4 is 10.1 Å². The van der Waals surface area contributed by atoms with Crippen LogP contribution in [-0.4, -0.2) is 43.0 Å². The fraction of sp³-hybridized carbons (Fsp3) is 0.556. The van der Waals surface area contributed by atoms with Crippen molar-refractivity contribution in [1.29, 1.82) is 0 Å². The van der Waals surface area contributed by atoms with Crippen molar-refractivity contribution in [2.75, 3.05) is 20.2 Å². The standard InChI is InChI=1S/C18H26N2O3/c1-4-13(2)19-17(21)14-9-11-20(12-10-14)18(22)15-5-7-16(23-3)8-6-15/h5-8,13-14H,4,9-12H2,1-3H3,(H,19,21)/t13-/m0/s1. The van der Waals surface area contributed by atoms with E-state index >= 15 is 0 Å². The number of likely N-dealkylation sites (tertiary alicyclic amines) is 1. The highest BCUT2D eigenvalue weighted by molar-refractivity contribution is 5.94. The van der Waals surface area contributed by atoms with Gasteiger partial charge in [0.05, 0.1) is 7.11 Å². The summed E-state index contributed by atoms with van der Waals surface area (Å²) >= 11 is 0. The largest absolute Gasteiger partial charge is 0.497 e. The number of hydrogen-bond acceptors (Lipinski definition) is 3. The summed E-state index contributed by atoms with van der Waals surface area (Å²) in [5, 5.41) is 3.03. The Bertz CT molecular complexity index is 534. The van der Waals surface area contributed by atoms with Crippen LogP contribution in [0.15, 0.2) is 24.3 Å². The molecule has 2 amide bonds. The van der Waals surface area contributed by atoms with E-state index in [2.05, 4.69) is 12.2 Å². The van der Waals surface area contributed by atoms with Gasteiger partial charge < -0.3 is 15.0 Å². The maximum absolute atomic E-state index is 12.5. The van der Waals surface area contributed by atoms with Crippen molar-refractivity contribution in [1.82, 2.24) is 10.2 Å². The molecule has 0 aromatic heterocycles. The minimum atomic E-state index is 0.0175. The van der Waals surface area contributed by atoms with Crippen molar-refractivity contribution in [2.45, 2.75) is 39.2 Å². The van der Waals surface area contributed by atoms with Crippen LogP contribution in [0.4, 0.5) is 0 Å². The number of piperidine rings is 1. The van der Waals surface area contributed by atoms with Crippen LogP contribution in [0.2, 0.25) is 0 Å². The molecule has 0 unspecified atom stereocenters. The molecule has 126 valence electrons. The second-order valence-electron chi connectivity index (χ2n) is 6.11. The van der Waals surface area contributed by atoms with Crippen LogP contribution in [0, 0.1) is 5.92 Å². The first-order valence-corrected chi connectivity index (χ1v) is 8.28. The summed E-state index contributed by atoms with van der Waals surface area (Å²) in [6, 6.07) is 7.35. The molecule has 0 radical (unpaired) electrons. The van der Waals surface area contributed by atoms with E-state index in [0.29, 0.717) is 18.7 Å². The normalized spacial score (nSPS) is 16.7. The van der Waals surface area contributed by atoms with Crippen molar-refractivity contribution in [3.05, 3.63) is 29.8 Å². The van der Waals surface area contributed by atoms with Crippen molar-refractivity contribution >= 4 is 11.8 Å². The second-order valence-corrected chi connectivity index (χ2v) is 6.11. The van der Waals surface area contributed by atoms with Gasteiger partial charge >= 0.3 is 0 Å². The maximum Gasteiger partial charge on any atom is 0.253 e. The molecule has 0 spiro atoms. The predicted octanol–water partition coefficient (Wildman–Crippen LogP) is 2.46. The van der Waals surface area contributed by atoms with Gasteiger partial charge in [0.25, 0.3) is 5.91 Å². The highest BCUT2D eigenvalue weighted by atomic mass is 16.5. The third kappa shape index (κ3) is 4.47. The van der Waals surface area contributed by atoms with E-state index in [-0.39, 0.29) is 23.8 Å². The summed E-state index contributed by atoms with van der Waals surface area (Å²) in [4.78, 5) is 26.5. The van der Waals surface area contributed by atoms with Gasteiger partial charge in [-0.3, -0.25) is 9.59 Å². The number of rotatable bonds is 5. The SMILES string of the molecule is CC[C@H](C)NC(=O)C1CCN(C(=O)c2ccc(OC)cc2)CC1. The molecule has 2 rings (SSSR count). The number of hydrogen-bond donors (Lipinski definition) is 1. The Hall–Kier alpha value is -2.04. The summed E-state index contributed by atoms with van der Waals surface area (Å²) in [6.45, 7) is 5.33. The van der Waals surface area contributed by atoms with E-state index in [1.54, 1.807) is 31.4 Å². The summed E-state index contributed by atoms with van der Waals surface area (Å²) in [6.07, 6.45) is 2.38. The van der Waals surface area contributed by atoms with Crippen LogP contribution in [0.5, 0.6) is 5.75 Å². The maximum atomic E-state index is 12.5. The quantitative estimate of drug-likeness (QED) is 0.907. The van der Waals surface area contributed by atoms with Crippen molar-refractivity contribution < 1.29 is 14.3 Å². The molecule has 0 saturated carbocycles. The van der Waals surface area contributed by atoms with Crippen LogP contribution in [0.25, 0.3) is 0 Å². The van der Waals surface area contributed by atoms with E-state index in [9.17, 15) is 9.59 Å². The minimum absolute atomic E-state index is 0.0175. The molecule has 23 heavy (non-hydrogen) atoms. The molecule has 1 saturated heterocycles. The zero-order valence-corrected chi connectivity index (χ0v) is 14.2. The van der Waals surface area contributed by atoms with Gasteiger partial charge in [-0.25, -0.2) is 0 Å². The Balaban J connectivity index is 1.88. The third-order valence-corrected chi connectivity index (χ3v) is 4.49. The molecule has 5 nitrogen and oxygen atoms in total. The van der Waals surface area contributed by atoms with Gasteiger partial charge in [0, 0.05) is 30.6 Å². The number of methoxy groups -OCH3 is 1. The third-order valence-electron chi connectivity index (χ3n) is 4.49. The van der Waals surface area contributed by atoms with Crippen LogP contribution in [0.3, 0.4) is 0 Å². The van der Waals surface area contributed by atoms with Crippen molar-refractivity contribution in [2.24, 2.45) is 5.92 Å². The van der Waals surface area contributed by atoms with Gasteiger partial charge in [-0.15, -0.1) is 0 Å². The second kappa shape index (κ2) is 7.99. The number of nitrogens with one attached hydrogen (secondary N) is 1. The summed E-state index contributed by atoms with van der Waals surface area (Å²) in [7, 11) is 1.60. The smallest absolute Gasteiger partial charge is 0.253 e. The highest BCUT2D eigenvalue weighted by Gasteiger charge is 2.28. The molecule has 1 aliphatic heterocycles. The Morgan fingerprint density at radius 2 is 1.87 bits per heavy atom. The Morgan fingerprint density at radius 3 is 2.39 bits per heavy atom. The first kappa shape index (κ1) is 17.3. The van der Waals surface area contributed by atoms with Gasteiger partial charge in [-0.2, -0.15) is 0 Å². The lowest BCUT2D eigenvalue weighted by molar-refractivity contribution is -0.126. The summed E-state index contributed by atoms with van der Waals surface area (Å²) < 4.78 is 5.11. The van der Waals surface area contributed by atoms with Gasteiger partial charge in [-0.1, -0.05) is 6.92 Å². The molecule has 5 heteroatoms. The van der Waals surface area contributed by atoms with Crippen LogP contribution in [-0.2, 0) is 4.79 Å². The van der Waals surface area contributed by atoms with E-state index < -0.39 is 0 Å². The molecule has 1 heterocycles. The number of benzene rings is 1. The van der Waals surface area contributed by atoms with E-state index in [4.69, 9.17) is 4.74 Å². The zero-order chi connectivity index (χ0) is 16.8. The van der Waals surface area contributed by atoms with Gasteiger partial charge in [0.2, 0.25) is 5.91 Å². The van der Waals surface area contributed by atoms with E-state index in [0.717, 1.165) is 25.0 Å². The van der Waals surface area contributed by atoms with E-state index in [1.807, 2.05) is 11.8 Å². The fourth-order valence-corrected chi connectivity index (χ4v) is 2.72. The van der Waals surface area contributed by atoms with Crippen molar-refractivity contribution in [3.8, 4) is 5.75 Å². The molecular weight excluding hydrogens is 292 g/mol. The Morgan fingerprint density at radius 1 is 1.26 bits per heavy atom. The topological polar surface area (TPSA) is 58.6 Å². The number of ether oxygens (including phenoxy) is 1. The summed E-state index contributed by atoms with van der Waals surface area (Å²) in [5.74, 6) is 0.898. The monoisotopic (exact) mass is 318 g/mol. The lowest BCUT2D eigenvalue weighted by Crippen LogP contribution is -2.44. The molecule has 0 aliphatic carbocycles. The number of carbonyl (C=O) groups is 2. The molecular formula is C18H26N2O3. The van der Waals surface area contributed by atoms with Crippen molar-refractivity contribution in [3.63, 3.8) is 0 Å². The molecule has 1 N–H and O–H groups in total. The molecule has 1 atom stereocenters. The molecule has 1 aromatic carbocycles. The molecule has 1 aliphatic rings. The Kier molecular flexibility index (Phi) is 6.02. The van der Waals surface area contributed by atoms with Gasteiger partial charge in [0.1, 0.15) is 5.75 Å². The average Bonchev–Trinajstić information content (AvgIpc) is 2.61. The zero-order valence-electron chi connectivity index (χ0n) is 14.2. The van der Waals surface area contributed by atoms with E-state index in [1.165, 1.54) is 0 Å². The molecule has 1 fully saturated rings. The molecule has 0 bridgehead atoms. The fourth-order valence-electron chi connectivity index (χ4n) is 2.72. The van der Waals surface area contributed by atoms with Crippen LogP contribution >= 0.6 is 0 Å². The Labute approximate surface area is 138 Å². The average molecular weight is 318 g/mol. The number of amides is 2. The van der Waals surface area contributed by atoms with Gasteiger partial charge in [-0.05, 0) is 50.5 Å². The predicted molar refractivity (Wildman–Crippen MR) is 89.5 cm³/mol. The first-order valence-electron chi connectivity index (χ1n) is 8.28. The summed E-state index contributed by atoms with van der Waals surface area (Å²) in [5.41, 5.74) is 0.660. The lowest BCUT2D eigenvalue weighted by Gasteiger charge is -2.32. The highest BCUT2D eigenvalue weighted by Crippen LogP contribution is 2.20.